The van der Waals surface area contributed by atoms with Gasteiger partial charge in [-0.1, -0.05) is 23.2 Å². The lowest BCUT2D eigenvalue weighted by atomic mass is 10.1. The molecule has 0 heterocycles. The number of methoxy groups -OCH3 is 1. The summed E-state index contributed by atoms with van der Waals surface area (Å²) >= 11 is 15.9. The van der Waals surface area contributed by atoms with E-state index in [1.54, 1.807) is 37.3 Å². The second kappa shape index (κ2) is 10.9. The first-order valence-electron chi connectivity index (χ1n) is 8.39. The number of hydrogen-bond acceptors (Lipinski definition) is 5. The van der Waals surface area contributed by atoms with Gasteiger partial charge in [-0.2, -0.15) is 0 Å². The molecule has 2 rings (SSSR count). The fraction of sp³-hybridized carbons (Fsp3) is 0.263. The van der Waals surface area contributed by atoms with Gasteiger partial charge in [-0.15, -0.1) is 0 Å². The average molecular weight is 663 g/mol. The van der Waals surface area contributed by atoms with Crippen molar-refractivity contribution in [3.8, 4) is 5.75 Å². The van der Waals surface area contributed by atoms with Gasteiger partial charge in [0.2, 0.25) is 5.91 Å². The molecule has 0 fully saturated rings. The van der Waals surface area contributed by atoms with E-state index in [0.717, 1.165) is 5.56 Å². The van der Waals surface area contributed by atoms with Gasteiger partial charge < -0.3 is 20.5 Å². The summed E-state index contributed by atoms with van der Waals surface area (Å²) in [5.74, 6) is -0.749. The molecule has 0 aliphatic heterocycles. The van der Waals surface area contributed by atoms with Crippen molar-refractivity contribution in [3.63, 3.8) is 0 Å². The molecule has 0 aromatic heterocycles. The Morgan fingerprint density at radius 3 is 2.31 bits per heavy atom. The number of rotatable bonds is 7. The van der Waals surface area contributed by atoms with Gasteiger partial charge in [0.1, 0.15) is 17.8 Å². The molecule has 0 aliphatic carbocycles. The van der Waals surface area contributed by atoms with E-state index in [2.05, 4.69) is 10.6 Å². The molecule has 29 heavy (non-hydrogen) atoms. The number of hydrogen-bond donors (Lipinski definition) is 3. The largest absolute Gasteiger partial charge is 0.506 e. The Morgan fingerprint density at radius 1 is 1.14 bits per heavy atom. The summed E-state index contributed by atoms with van der Waals surface area (Å²) in [6.07, 6.45) is 0.226. The molecule has 0 aliphatic rings. The third-order valence-corrected chi connectivity index (χ3v) is 6.40. The predicted molar refractivity (Wildman–Crippen MR) is 131 cm³/mol. The topological polar surface area (TPSA) is 87.7 Å². The van der Waals surface area contributed by atoms with E-state index in [-0.39, 0.29) is 18.1 Å². The summed E-state index contributed by atoms with van der Waals surface area (Å²) in [7, 11) is 1.27. The smallest absolute Gasteiger partial charge is 0.328 e. The number of aromatic hydroxyl groups is 1. The van der Waals surface area contributed by atoms with Gasteiger partial charge in [-0.25, -0.2) is 4.79 Å². The molecule has 2 atom stereocenters. The minimum atomic E-state index is -0.873. The van der Waals surface area contributed by atoms with Crippen LogP contribution in [-0.2, 0) is 20.7 Å². The highest BCUT2D eigenvalue weighted by Crippen LogP contribution is 2.28. The van der Waals surface area contributed by atoms with Crippen molar-refractivity contribution in [1.82, 2.24) is 5.32 Å². The number of anilines is 1. The number of amides is 1. The van der Waals surface area contributed by atoms with Crippen LogP contribution in [0.25, 0.3) is 0 Å². The van der Waals surface area contributed by atoms with Gasteiger partial charge in [0.05, 0.1) is 24.3 Å². The zero-order chi connectivity index (χ0) is 21.7. The number of phenols is 1. The Hall–Kier alpha value is -0.980. The number of phenolic OH excluding ortho intramolecular Hbond substituents is 1. The Balaban J connectivity index is 2.11. The van der Waals surface area contributed by atoms with Crippen molar-refractivity contribution in [3.05, 3.63) is 53.1 Å². The summed E-state index contributed by atoms with van der Waals surface area (Å²) in [5, 5.41) is 16.4. The lowest BCUT2D eigenvalue weighted by molar-refractivity contribution is -0.145. The zero-order valence-corrected chi connectivity index (χ0v) is 21.3. The van der Waals surface area contributed by atoms with Crippen LogP contribution in [0.2, 0.25) is 10.0 Å². The van der Waals surface area contributed by atoms with Crippen LogP contribution in [0.3, 0.4) is 0 Å². The van der Waals surface area contributed by atoms with E-state index in [0.29, 0.717) is 22.9 Å². The SMILES string of the molecule is COC(=O)[C@H](Cc1cc(I)c(O)c(I)c1)NC(=O)[C@H](C)Nc1ccc(Cl)c(Cl)c1. The molecule has 0 saturated carbocycles. The van der Waals surface area contributed by atoms with Crippen molar-refractivity contribution < 1.29 is 19.4 Å². The van der Waals surface area contributed by atoms with E-state index >= 15 is 0 Å². The van der Waals surface area contributed by atoms with Crippen molar-refractivity contribution in [2.45, 2.75) is 25.4 Å². The fourth-order valence-electron chi connectivity index (χ4n) is 2.51. The molecule has 2 aromatic rings. The van der Waals surface area contributed by atoms with E-state index in [4.69, 9.17) is 27.9 Å². The van der Waals surface area contributed by atoms with E-state index in [9.17, 15) is 14.7 Å². The van der Waals surface area contributed by atoms with E-state index < -0.39 is 18.1 Å². The van der Waals surface area contributed by atoms with E-state index in [1.165, 1.54) is 7.11 Å². The van der Waals surface area contributed by atoms with Crippen LogP contribution in [0.15, 0.2) is 30.3 Å². The van der Waals surface area contributed by atoms with Gasteiger partial charge in [-0.05, 0) is 88.0 Å². The number of halogens is 4. The molecule has 6 nitrogen and oxygen atoms in total. The summed E-state index contributed by atoms with van der Waals surface area (Å²) in [6, 6.07) is 6.96. The minimum absolute atomic E-state index is 0.188. The molecule has 0 bridgehead atoms. The van der Waals surface area contributed by atoms with Crippen molar-refractivity contribution in [2.75, 3.05) is 12.4 Å². The Labute approximate surface area is 206 Å². The highest BCUT2D eigenvalue weighted by Gasteiger charge is 2.25. The first kappa shape index (κ1) is 24.3. The molecule has 0 radical (unpaired) electrons. The molecule has 156 valence electrons. The molecule has 3 N–H and O–H groups in total. The molecule has 2 aromatic carbocycles. The lowest BCUT2D eigenvalue weighted by Crippen LogP contribution is -2.48. The van der Waals surface area contributed by atoms with Gasteiger partial charge in [0.25, 0.3) is 0 Å². The summed E-state index contributed by atoms with van der Waals surface area (Å²) in [4.78, 5) is 24.8. The Kier molecular flexibility index (Phi) is 9.11. The molecule has 0 spiro atoms. The van der Waals surface area contributed by atoms with Gasteiger partial charge in [0.15, 0.2) is 0 Å². The molecule has 0 saturated heterocycles. The molecule has 0 unspecified atom stereocenters. The average Bonchev–Trinajstić information content (AvgIpc) is 2.67. The predicted octanol–water partition coefficient (Wildman–Crippen LogP) is 4.61. The number of ether oxygens (including phenoxy) is 1. The normalized spacial score (nSPS) is 12.8. The summed E-state index contributed by atoms with van der Waals surface area (Å²) in [6.45, 7) is 1.67. The number of esters is 1. The maximum Gasteiger partial charge on any atom is 0.328 e. The number of nitrogens with one attached hydrogen (secondary N) is 2. The van der Waals surface area contributed by atoms with E-state index in [1.807, 2.05) is 45.2 Å². The highest BCUT2D eigenvalue weighted by atomic mass is 127. The van der Waals surface area contributed by atoms with Gasteiger partial charge >= 0.3 is 5.97 Å². The monoisotopic (exact) mass is 662 g/mol. The van der Waals surface area contributed by atoms with Crippen molar-refractivity contribution >= 4 is 85.9 Å². The zero-order valence-electron chi connectivity index (χ0n) is 15.4. The van der Waals surface area contributed by atoms with Gasteiger partial charge in [0, 0.05) is 12.1 Å². The summed E-state index contributed by atoms with van der Waals surface area (Å²) in [5.41, 5.74) is 1.41. The number of carbonyl (C=O) groups excluding carboxylic acids is 2. The molecular formula is C19H18Cl2I2N2O4. The third-order valence-electron chi connectivity index (χ3n) is 4.01. The highest BCUT2D eigenvalue weighted by molar-refractivity contribution is 14.1. The first-order chi connectivity index (χ1) is 13.6. The second-order valence-electron chi connectivity index (χ2n) is 6.19. The lowest BCUT2D eigenvalue weighted by Gasteiger charge is -2.21. The van der Waals surface area contributed by atoms with Crippen LogP contribution in [0.5, 0.6) is 5.75 Å². The van der Waals surface area contributed by atoms with Crippen LogP contribution in [0.4, 0.5) is 5.69 Å². The Bertz CT molecular complexity index is 904. The number of carbonyl (C=O) groups is 2. The van der Waals surface area contributed by atoms with Crippen LogP contribution in [0, 0.1) is 7.14 Å². The van der Waals surface area contributed by atoms with Gasteiger partial charge in [-0.3, -0.25) is 4.79 Å². The maximum absolute atomic E-state index is 12.6. The second-order valence-corrected chi connectivity index (χ2v) is 9.33. The quantitative estimate of drug-likeness (QED) is 0.298. The van der Waals surface area contributed by atoms with Crippen LogP contribution in [-0.4, -0.2) is 36.2 Å². The maximum atomic E-state index is 12.6. The van der Waals surface area contributed by atoms with Crippen molar-refractivity contribution in [1.29, 1.82) is 0 Å². The fourth-order valence-corrected chi connectivity index (χ4v) is 4.70. The van der Waals surface area contributed by atoms with Crippen LogP contribution >= 0.6 is 68.4 Å². The molecular weight excluding hydrogens is 645 g/mol. The van der Waals surface area contributed by atoms with Crippen LogP contribution < -0.4 is 10.6 Å². The third kappa shape index (κ3) is 6.76. The number of benzene rings is 2. The molecule has 10 heteroatoms. The molecule has 1 amide bonds. The minimum Gasteiger partial charge on any atom is -0.506 e. The van der Waals surface area contributed by atoms with Crippen molar-refractivity contribution in [2.24, 2.45) is 0 Å². The standard InChI is InChI=1S/C19H18Cl2I2N2O4/c1-9(24-11-3-4-12(20)13(21)8-11)18(27)25-16(19(28)29-2)7-10-5-14(22)17(26)15(23)6-10/h3-6,8-9,16,24,26H,7H2,1-2H3,(H,25,27)/t9-,16-/m0/s1. The summed E-state index contributed by atoms with van der Waals surface area (Å²) < 4.78 is 6.16. The van der Waals surface area contributed by atoms with Crippen LogP contribution in [0.1, 0.15) is 12.5 Å². The Morgan fingerprint density at radius 2 is 1.76 bits per heavy atom. The first-order valence-corrected chi connectivity index (χ1v) is 11.3.